The van der Waals surface area contributed by atoms with Gasteiger partial charge in [0.15, 0.2) is 5.66 Å². The van der Waals surface area contributed by atoms with Crippen LogP contribution < -0.4 is 5.73 Å². The van der Waals surface area contributed by atoms with Crippen molar-refractivity contribution >= 4 is 8.03 Å². The van der Waals surface area contributed by atoms with Crippen LogP contribution >= 0.6 is 8.03 Å². The molecule has 0 aromatic carbocycles. The van der Waals surface area contributed by atoms with Crippen LogP contribution in [0, 0.1) is 0 Å². The average Bonchev–Trinajstić information content (AvgIpc) is 2.05. The molecular weight excluding hydrogens is 173 g/mol. The monoisotopic (exact) mass is 192 g/mol. The first-order valence-corrected chi connectivity index (χ1v) is 5.76. The average molecular weight is 192 g/mol. The lowest BCUT2D eigenvalue weighted by molar-refractivity contribution is 0.315. The smallest absolute Gasteiger partial charge is 0.330 e. The summed E-state index contributed by atoms with van der Waals surface area (Å²) in [4.78, 5) is 0. The summed E-state index contributed by atoms with van der Waals surface area (Å²) in [6.45, 7) is 5.19. The summed E-state index contributed by atoms with van der Waals surface area (Å²) in [5.41, 5.74) is 5.44. The summed E-state index contributed by atoms with van der Waals surface area (Å²) in [5.74, 6) is 0. The van der Waals surface area contributed by atoms with Crippen LogP contribution in [0.15, 0.2) is 0 Å². The molecule has 0 spiro atoms. The second-order valence-electron chi connectivity index (χ2n) is 2.90. The molecule has 2 atom stereocenters. The van der Waals surface area contributed by atoms with Crippen molar-refractivity contribution in [2.45, 2.75) is 38.8 Å². The summed E-state index contributed by atoms with van der Waals surface area (Å²) in [7, 11) is -1.49. The van der Waals surface area contributed by atoms with Crippen molar-refractivity contribution < 1.29 is 9.09 Å². The van der Waals surface area contributed by atoms with Gasteiger partial charge in [0.05, 0.1) is 0 Å². The van der Waals surface area contributed by atoms with E-state index in [9.17, 15) is 4.57 Å². The van der Waals surface area contributed by atoms with E-state index >= 15 is 0 Å². The van der Waals surface area contributed by atoms with E-state index in [0.717, 1.165) is 19.3 Å². The molecule has 72 valence electrons. The summed E-state index contributed by atoms with van der Waals surface area (Å²) < 4.78 is 16.4. The summed E-state index contributed by atoms with van der Waals surface area (Å²) in [5, 5.41) is 0. The van der Waals surface area contributed by atoms with Crippen LogP contribution in [0.25, 0.3) is 0 Å². The van der Waals surface area contributed by atoms with E-state index < -0.39 is 8.03 Å². The van der Waals surface area contributed by atoms with Gasteiger partial charge in [-0.25, -0.2) is 0 Å². The minimum absolute atomic E-state index is 0.0989. The summed E-state index contributed by atoms with van der Waals surface area (Å²) in [6.07, 6.45) is 2.84. The van der Waals surface area contributed by atoms with E-state index in [4.69, 9.17) is 10.3 Å². The molecule has 0 amide bonds. The van der Waals surface area contributed by atoms with Crippen LogP contribution in [0.3, 0.4) is 0 Å². The topological polar surface area (TPSA) is 52.3 Å². The highest BCUT2D eigenvalue weighted by Gasteiger charge is 2.26. The predicted octanol–water partition coefficient (Wildman–Crippen LogP) is 2.28. The Labute approximate surface area is 75.5 Å². The number of rotatable bonds is 7. The van der Waals surface area contributed by atoms with Crippen molar-refractivity contribution in [1.82, 2.24) is 0 Å². The molecule has 12 heavy (non-hydrogen) atoms. The second-order valence-corrected chi connectivity index (χ2v) is 4.61. The third-order valence-electron chi connectivity index (χ3n) is 1.66. The van der Waals surface area contributed by atoms with Gasteiger partial charge in [0.25, 0.3) is 0 Å². The second kappa shape index (κ2) is 7.66. The van der Waals surface area contributed by atoms with Crippen molar-refractivity contribution in [3.63, 3.8) is 0 Å². The van der Waals surface area contributed by atoms with Crippen LogP contribution in [-0.2, 0) is 9.09 Å². The van der Waals surface area contributed by atoms with Gasteiger partial charge in [-0.3, -0.25) is 0 Å². The number of nitrogens with two attached hydrogens (primary N) is 1. The molecule has 4 heteroatoms. The highest BCUT2D eigenvalue weighted by molar-refractivity contribution is 7.40. The van der Waals surface area contributed by atoms with Crippen molar-refractivity contribution in [3.8, 4) is 0 Å². The Morgan fingerprint density at radius 1 is 1.58 bits per heavy atom. The van der Waals surface area contributed by atoms with E-state index in [2.05, 4.69) is 6.92 Å². The van der Waals surface area contributed by atoms with Crippen molar-refractivity contribution in [2.75, 3.05) is 13.2 Å². The zero-order valence-electron chi connectivity index (χ0n) is 7.95. The maximum absolute atomic E-state index is 11.3. The molecule has 3 nitrogen and oxygen atoms in total. The summed E-state index contributed by atoms with van der Waals surface area (Å²) >= 11 is 0. The molecule has 0 heterocycles. The molecule has 0 aromatic heterocycles. The fourth-order valence-corrected chi connectivity index (χ4v) is 1.70. The van der Waals surface area contributed by atoms with Crippen LogP contribution in [-0.4, -0.2) is 18.8 Å². The van der Waals surface area contributed by atoms with Gasteiger partial charge < -0.3 is 5.73 Å². The minimum atomic E-state index is -1.49. The molecule has 0 rings (SSSR count). The Balaban J connectivity index is 3.43. The largest absolute Gasteiger partial charge is 0.511 e. The van der Waals surface area contributed by atoms with Crippen LogP contribution in [0.2, 0.25) is 0 Å². The molecule has 0 aromatic rings. The van der Waals surface area contributed by atoms with Crippen molar-refractivity contribution in [2.24, 2.45) is 5.73 Å². The Morgan fingerprint density at radius 2 is 2.25 bits per heavy atom. The molecule has 0 radical (unpaired) electrons. The molecule has 0 saturated heterocycles. The quantitative estimate of drug-likeness (QED) is 0.497. The Bertz CT molecular complexity index is 130. The lowest BCUT2D eigenvalue weighted by Crippen LogP contribution is -2.07. The third kappa shape index (κ3) is 5.64. The van der Waals surface area contributed by atoms with Gasteiger partial charge in [-0.05, 0) is 24.5 Å². The standard InChI is InChI=1S/C8H19NO2P/c1-3-4-7-11-12(10)8(2)5-6-9/h8H,3-7,9H2,1-2H3/q+1. The highest BCUT2D eigenvalue weighted by Crippen LogP contribution is 2.31. The van der Waals surface area contributed by atoms with Gasteiger partial charge in [-0.1, -0.05) is 13.3 Å². The SMILES string of the molecule is CCCCO[P+](=O)C(C)CCN. The first-order valence-electron chi connectivity index (χ1n) is 4.51. The van der Waals surface area contributed by atoms with E-state index in [1.165, 1.54) is 0 Å². The lowest BCUT2D eigenvalue weighted by atomic mass is 10.3. The molecule has 0 aliphatic heterocycles. The van der Waals surface area contributed by atoms with Gasteiger partial charge in [0.2, 0.25) is 0 Å². The number of hydrogen-bond donors (Lipinski definition) is 1. The van der Waals surface area contributed by atoms with Crippen LogP contribution in [0.4, 0.5) is 0 Å². The molecule has 0 saturated carbocycles. The molecule has 0 bridgehead atoms. The zero-order valence-corrected chi connectivity index (χ0v) is 8.85. The Kier molecular flexibility index (Phi) is 7.67. The Morgan fingerprint density at radius 3 is 2.75 bits per heavy atom. The fraction of sp³-hybridized carbons (Fsp3) is 1.00. The van der Waals surface area contributed by atoms with Gasteiger partial charge >= 0.3 is 8.03 Å². The number of hydrogen-bond acceptors (Lipinski definition) is 3. The van der Waals surface area contributed by atoms with E-state index in [-0.39, 0.29) is 5.66 Å². The summed E-state index contributed by atoms with van der Waals surface area (Å²) in [6, 6.07) is 0. The van der Waals surface area contributed by atoms with Crippen LogP contribution in [0.5, 0.6) is 0 Å². The lowest BCUT2D eigenvalue weighted by Gasteiger charge is -1.96. The molecule has 0 aliphatic carbocycles. The first kappa shape index (κ1) is 12.0. The van der Waals surface area contributed by atoms with Gasteiger partial charge in [-0.15, -0.1) is 4.52 Å². The highest BCUT2D eigenvalue weighted by atomic mass is 31.1. The third-order valence-corrected chi connectivity index (χ3v) is 3.08. The molecule has 2 unspecified atom stereocenters. The van der Waals surface area contributed by atoms with Crippen molar-refractivity contribution in [3.05, 3.63) is 0 Å². The predicted molar refractivity (Wildman–Crippen MR) is 51.6 cm³/mol. The maximum atomic E-state index is 11.3. The molecular formula is C8H19NO2P+. The van der Waals surface area contributed by atoms with E-state index in [1.807, 2.05) is 6.92 Å². The minimum Gasteiger partial charge on any atom is -0.330 e. The molecule has 0 fully saturated rings. The normalized spacial score (nSPS) is 14.4. The van der Waals surface area contributed by atoms with E-state index in [1.54, 1.807) is 0 Å². The Hall–Kier alpha value is 0.0200. The molecule has 2 N–H and O–H groups in total. The maximum Gasteiger partial charge on any atom is 0.511 e. The van der Waals surface area contributed by atoms with Gasteiger partial charge in [0, 0.05) is 6.42 Å². The van der Waals surface area contributed by atoms with Gasteiger partial charge in [-0.2, -0.15) is 0 Å². The van der Waals surface area contributed by atoms with Crippen LogP contribution in [0.1, 0.15) is 33.1 Å². The molecule has 0 aliphatic rings. The zero-order chi connectivity index (χ0) is 9.40. The first-order chi connectivity index (χ1) is 5.72. The van der Waals surface area contributed by atoms with Gasteiger partial charge in [0.1, 0.15) is 6.61 Å². The fourth-order valence-electron chi connectivity index (χ4n) is 0.773. The van der Waals surface area contributed by atoms with Crippen molar-refractivity contribution in [1.29, 1.82) is 0 Å². The van der Waals surface area contributed by atoms with E-state index in [0.29, 0.717) is 13.2 Å². The number of unbranched alkanes of at least 4 members (excludes halogenated alkanes) is 1.